The third-order valence-electron chi connectivity index (χ3n) is 3.37. The van der Waals surface area contributed by atoms with Crippen LogP contribution < -0.4 is 10.1 Å². The first-order valence-corrected chi connectivity index (χ1v) is 6.87. The molecule has 116 valence electrons. The summed E-state index contributed by atoms with van der Waals surface area (Å²) in [7, 11) is 1.60. The van der Waals surface area contributed by atoms with Gasteiger partial charge in [0.05, 0.1) is 31.2 Å². The molecule has 1 aliphatic heterocycles. The minimum Gasteiger partial charge on any atom is -0.497 e. The minimum absolute atomic E-state index is 0.00706. The van der Waals surface area contributed by atoms with Gasteiger partial charge in [0, 0.05) is 6.07 Å². The van der Waals surface area contributed by atoms with Crippen molar-refractivity contribution in [3.63, 3.8) is 0 Å². The quantitative estimate of drug-likeness (QED) is 0.845. The molecule has 8 nitrogen and oxygen atoms in total. The van der Waals surface area contributed by atoms with Crippen molar-refractivity contribution in [1.29, 1.82) is 0 Å². The summed E-state index contributed by atoms with van der Waals surface area (Å²) in [5, 5.41) is 2.72. The Bertz CT molecular complexity index is 712. The van der Waals surface area contributed by atoms with Gasteiger partial charge >= 0.3 is 6.09 Å². The zero-order chi connectivity index (χ0) is 15.5. The molecule has 2 heterocycles. The van der Waals surface area contributed by atoms with Crippen LogP contribution in [-0.4, -0.2) is 53.7 Å². The number of rotatable bonds is 5. The Labute approximate surface area is 126 Å². The summed E-state index contributed by atoms with van der Waals surface area (Å²) in [5.74, 6) is 1.12. The van der Waals surface area contributed by atoms with Crippen molar-refractivity contribution in [2.75, 3.05) is 26.8 Å². The number of hydrogen-bond acceptors (Lipinski definition) is 5. The molecule has 0 saturated carbocycles. The summed E-state index contributed by atoms with van der Waals surface area (Å²) in [6.07, 6.45) is -0.453. The number of fused-ring (bicyclic) bond motifs is 1. The molecule has 0 radical (unpaired) electrons. The second kappa shape index (κ2) is 5.92. The molecular weight excluding hydrogens is 288 g/mol. The summed E-state index contributed by atoms with van der Waals surface area (Å²) in [5.41, 5.74) is 1.64. The third-order valence-corrected chi connectivity index (χ3v) is 3.37. The molecule has 0 unspecified atom stereocenters. The third kappa shape index (κ3) is 2.95. The lowest BCUT2D eigenvalue weighted by Gasteiger charge is -2.11. The first-order valence-electron chi connectivity index (χ1n) is 6.87. The molecule has 2 N–H and O–H groups in total. The lowest BCUT2D eigenvalue weighted by Crippen LogP contribution is -2.37. The van der Waals surface area contributed by atoms with Crippen LogP contribution in [0.5, 0.6) is 5.75 Å². The van der Waals surface area contributed by atoms with E-state index in [4.69, 9.17) is 9.47 Å². The second-order valence-electron chi connectivity index (χ2n) is 4.88. The number of nitrogens with one attached hydrogen (secondary N) is 2. The van der Waals surface area contributed by atoms with Gasteiger partial charge in [0.1, 0.15) is 24.7 Å². The molecule has 0 spiro atoms. The molecule has 2 amide bonds. The van der Waals surface area contributed by atoms with Crippen LogP contribution >= 0.6 is 0 Å². The van der Waals surface area contributed by atoms with Crippen LogP contribution in [0.2, 0.25) is 0 Å². The Kier molecular flexibility index (Phi) is 3.82. The summed E-state index contributed by atoms with van der Waals surface area (Å²) in [6, 6.07) is 5.51. The van der Waals surface area contributed by atoms with E-state index in [0.717, 1.165) is 16.8 Å². The molecule has 8 heteroatoms. The van der Waals surface area contributed by atoms with E-state index in [1.165, 1.54) is 4.90 Å². The van der Waals surface area contributed by atoms with Crippen LogP contribution in [0.4, 0.5) is 4.79 Å². The highest BCUT2D eigenvalue weighted by Crippen LogP contribution is 2.18. The van der Waals surface area contributed by atoms with Gasteiger partial charge in [0.2, 0.25) is 5.91 Å². The number of H-pyrrole nitrogens is 1. The molecule has 1 fully saturated rings. The highest BCUT2D eigenvalue weighted by molar-refractivity contribution is 5.83. The summed E-state index contributed by atoms with van der Waals surface area (Å²) in [6.45, 7) is 1.03. The smallest absolute Gasteiger partial charge is 0.410 e. The molecule has 0 atom stereocenters. The van der Waals surface area contributed by atoms with Crippen molar-refractivity contribution in [1.82, 2.24) is 20.2 Å². The van der Waals surface area contributed by atoms with Crippen molar-refractivity contribution in [3.8, 4) is 5.75 Å². The van der Waals surface area contributed by atoms with Gasteiger partial charge in [0.15, 0.2) is 0 Å². The maximum absolute atomic E-state index is 11.8. The predicted molar refractivity (Wildman–Crippen MR) is 77.4 cm³/mol. The molecular formula is C14H16N4O4. The van der Waals surface area contributed by atoms with Crippen molar-refractivity contribution < 1.29 is 19.1 Å². The van der Waals surface area contributed by atoms with E-state index in [1.807, 2.05) is 18.2 Å². The standard InChI is InChI=1S/C14H16N4O4/c1-21-9-2-3-10-11(6-9)17-12(16-10)7-15-13(19)8-18-4-5-22-14(18)20/h2-3,6H,4-5,7-8H2,1H3,(H,15,19)(H,16,17). The van der Waals surface area contributed by atoms with Crippen LogP contribution in [0.15, 0.2) is 18.2 Å². The number of benzene rings is 1. The molecule has 2 aromatic rings. The van der Waals surface area contributed by atoms with E-state index < -0.39 is 6.09 Å². The summed E-state index contributed by atoms with van der Waals surface area (Å²) < 4.78 is 9.91. The largest absolute Gasteiger partial charge is 0.497 e. The molecule has 1 saturated heterocycles. The van der Waals surface area contributed by atoms with Gasteiger partial charge < -0.3 is 19.8 Å². The van der Waals surface area contributed by atoms with Gasteiger partial charge in [-0.3, -0.25) is 9.69 Å². The van der Waals surface area contributed by atoms with E-state index in [0.29, 0.717) is 19.0 Å². The molecule has 1 aromatic carbocycles. The number of amides is 2. The highest BCUT2D eigenvalue weighted by Gasteiger charge is 2.23. The number of aromatic amines is 1. The molecule has 0 aliphatic carbocycles. The first-order chi connectivity index (χ1) is 10.7. The van der Waals surface area contributed by atoms with E-state index in [9.17, 15) is 9.59 Å². The fraction of sp³-hybridized carbons (Fsp3) is 0.357. The number of nitrogens with zero attached hydrogens (tertiary/aromatic N) is 2. The number of carbonyl (C=O) groups excluding carboxylic acids is 2. The summed E-state index contributed by atoms with van der Waals surface area (Å²) >= 11 is 0. The number of methoxy groups -OCH3 is 1. The number of carbonyl (C=O) groups is 2. The Morgan fingerprint density at radius 2 is 2.41 bits per heavy atom. The van der Waals surface area contributed by atoms with E-state index in [1.54, 1.807) is 7.11 Å². The minimum atomic E-state index is -0.453. The number of aromatic nitrogens is 2. The van der Waals surface area contributed by atoms with Crippen LogP contribution in [0.25, 0.3) is 11.0 Å². The van der Waals surface area contributed by atoms with Crippen molar-refractivity contribution >= 4 is 23.0 Å². The van der Waals surface area contributed by atoms with Crippen molar-refractivity contribution in [3.05, 3.63) is 24.0 Å². The number of ether oxygens (including phenoxy) is 2. The first kappa shape index (κ1) is 14.2. The van der Waals surface area contributed by atoms with Gasteiger partial charge in [-0.2, -0.15) is 0 Å². The lowest BCUT2D eigenvalue weighted by molar-refractivity contribution is -0.121. The molecule has 1 aliphatic rings. The second-order valence-corrected chi connectivity index (χ2v) is 4.88. The normalized spacial score (nSPS) is 14.2. The Balaban J connectivity index is 1.59. The monoisotopic (exact) mass is 304 g/mol. The molecule has 22 heavy (non-hydrogen) atoms. The van der Waals surface area contributed by atoms with E-state index >= 15 is 0 Å². The average Bonchev–Trinajstić information content (AvgIpc) is 3.10. The van der Waals surface area contributed by atoms with Gasteiger partial charge in [0.25, 0.3) is 0 Å². The van der Waals surface area contributed by atoms with Crippen LogP contribution in [0.1, 0.15) is 5.82 Å². The Morgan fingerprint density at radius 3 is 3.14 bits per heavy atom. The lowest BCUT2D eigenvalue weighted by atomic mass is 10.3. The molecule has 0 bridgehead atoms. The average molecular weight is 304 g/mol. The molecule has 1 aromatic heterocycles. The van der Waals surface area contributed by atoms with Crippen LogP contribution in [-0.2, 0) is 16.1 Å². The number of imidazole rings is 1. The fourth-order valence-electron chi connectivity index (χ4n) is 2.23. The van der Waals surface area contributed by atoms with Crippen LogP contribution in [0.3, 0.4) is 0 Å². The van der Waals surface area contributed by atoms with Crippen molar-refractivity contribution in [2.45, 2.75) is 6.54 Å². The molecule has 3 rings (SSSR count). The number of hydrogen-bond donors (Lipinski definition) is 2. The van der Waals surface area contributed by atoms with Crippen LogP contribution in [0, 0.1) is 0 Å². The highest BCUT2D eigenvalue weighted by atomic mass is 16.6. The zero-order valence-electron chi connectivity index (χ0n) is 12.1. The van der Waals surface area contributed by atoms with E-state index in [-0.39, 0.29) is 19.0 Å². The van der Waals surface area contributed by atoms with E-state index in [2.05, 4.69) is 15.3 Å². The zero-order valence-corrected chi connectivity index (χ0v) is 12.1. The van der Waals surface area contributed by atoms with Gasteiger partial charge in [-0.25, -0.2) is 9.78 Å². The Hall–Kier alpha value is -2.77. The predicted octanol–water partition coefficient (Wildman–Crippen LogP) is 0.640. The van der Waals surface area contributed by atoms with Gasteiger partial charge in [-0.05, 0) is 12.1 Å². The SMILES string of the molecule is COc1ccc2nc(CNC(=O)CN3CCOC3=O)[nH]c2c1. The fourth-order valence-corrected chi connectivity index (χ4v) is 2.23. The summed E-state index contributed by atoms with van der Waals surface area (Å²) in [4.78, 5) is 31.9. The van der Waals surface area contributed by atoms with Gasteiger partial charge in [-0.15, -0.1) is 0 Å². The van der Waals surface area contributed by atoms with Crippen molar-refractivity contribution in [2.24, 2.45) is 0 Å². The van der Waals surface area contributed by atoms with Gasteiger partial charge in [-0.1, -0.05) is 0 Å². The number of cyclic esters (lactones) is 1. The topological polar surface area (TPSA) is 96.5 Å². The Morgan fingerprint density at radius 1 is 1.55 bits per heavy atom. The maximum Gasteiger partial charge on any atom is 0.410 e. The maximum atomic E-state index is 11.8.